The Morgan fingerprint density at radius 3 is 2.57 bits per heavy atom. The number of aryl methyl sites for hydroxylation is 3. The monoisotopic (exact) mass is 345 g/mol. The van der Waals surface area contributed by atoms with Gasteiger partial charge < -0.3 is 10.1 Å². The van der Waals surface area contributed by atoms with Gasteiger partial charge in [0.15, 0.2) is 0 Å². The molecule has 0 spiro atoms. The van der Waals surface area contributed by atoms with Crippen molar-refractivity contribution in [1.82, 2.24) is 0 Å². The number of hydrogen-bond donors (Lipinski definition) is 1. The van der Waals surface area contributed by atoms with Crippen LogP contribution in [0.5, 0.6) is 5.75 Å². The summed E-state index contributed by atoms with van der Waals surface area (Å²) in [6, 6.07) is 10.7. The highest BCUT2D eigenvalue weighted by molar-refractivity contribution is 9.10. The van der Waals surface area contributed by atoms with E-state index in [1.54, 1.807) is 0 Å². The number of fused-ring (bicyclic) bond motifs is 1. The fourth-order valence-electron chi connectivity index (χ4n) is 2.97. The average Bonchev–Trinajstić information content (AvgIpc) is 2.79. The molecule has 3 heteroatoms. The number of rotatable bonds is 3. The lowest BCUT2D eigenvalue weighted by molar-refractivity contribution is 0.246. The highest BCUT2D eigenvalue weighted by atomic mass is 79.9. The molecule has 0 fully saturated rings. The van der Waals surface area contributed by atoms with Gasteiger partial charge in [-0.1, -0.05) is 33.6 Å². The Hall–Kier alpha value is -1.48. The lowest BCUT2D eigenvalue weighted by Crippen LogP contribution is -2.24. The molecule has 1 heterocycles. The molecule has 1 aliphatic rings. The third-order valence-corrected chi connectivity index (χ3v) is 4.42. The van der Waals surface area contributed by atoms with Gasteiger partial charge in [-0.2, -0.15) is 0 Å². The second-order valence-corrected chi connectivity index (χ2v) is 6.77. The Balaban J connectivity index is 1.68. The standard InChI is InChI=1S/C18H20BrNO/c1-11-4-5-17-14(6-11)9-16(21-17)10-20-18-12(2)7-15(19)8-13(18)3/h4-8,16,20H,9-10H2,1-3H3. The van der Waals surface area contributed by atoms with E-state index in [2.05, 4.69) is 72.3 Å². The molecule has 110 valence electrons. The Kier molecular flexibility index (Phi) is 3.94. The third kappa shape index (κ3) is 3.08. The largest absolute Gasteiger partial charge is 0.488 e. The van der Waals surface area contributed by atoms with Crippen molar-refractivity contribution in [2.45, 2.75) is 33.3 Å². The maximum atomic E-state index is 6.02. The molecule has 21 heavy (non-hydrogen) atoms. The molecule has 1 atom stereocenters. The summed E-state index contributed by atoms with van der Waals surface area (Å²) in [6.45, 7) is 7.22. The van der Waals surface area contributed by atoms with Crippen LogP contribution in [-0.4, -0.2) is 12.6 Å². The van der Waals surface area contributed by atoms with Gasteiger partial charge >= 0.3 is 0 Å². The van der Waals surface area contributed by atoms with Crippen LogP contribution in [0.1, 0.15) is 22.3 Å². The molecule has 1 N–H and O–H groups in total. The van der Waals surface area contributed by atoms with Gasteiger partial charge in [0.25, 0.3) is 0 Å². The Bertz CT molecular complexity index is 658. The molecule has 1 aliphatic heterocycles. The number of hydrogen-bond acceptors (Lipinski definition) is 2. The van der Waals surface area contributed by atoms with Crippen molar-refractivity contribution in [3.05, 3.63) is 57.1 Å². The fourth-order valence-corrected chi connectivity index (χ4v) is 3.66. The van der Waals surface area contributed by atoms with Crippen LogP contribution in [0.25, 0.3) is 0 Å². The van der Waals surface area contributed by atoms with Gasteiger partial charge in [-0.05, 0) is 55.7 Å². The van der Waals surface area contributed by atoms with E-state index in [-0.39, 0.29) is 6.10 Å². The summed E-state index contributed by atoms with van der Waals surface area (Å²) < 4.78 is 7.14. The first kappa shape index (κ1) is 14.5. The summed E-state index contributed by atoms with van der Waals surface area (Å²) in [6.07, 6.45) is 1.20. The average molecular weight is 346 g/mol. The Morgan fingerprint density at radius 2 is 1.86 bits per heavy atom. The van der Waals surface area contributed by atoms with Gasteiger partial charge in [0.05, 0.1) is 6.54 Å². The number of halogens is 1. The third-order valence-electron chi connectivity index (χ3n) is 3.96. The molecule has 0 aromatic heterocycles. The zero-order valence-corrected chi connectivity index (χ0v) is 14.3. The molecule has 1 unspecified atom stereocenters. The number of anilines is 1. The van der Waals surface area contributed by atoms with Crippen LogP contribution in [0.15, 0.2) is 34.8 Å². The second kappa shape index (κ2) is 5.72. The van der Waals surface area contributed by atoms with E-state index in [1.807, 2.05) is 0 Å². The normalized spacial score (nSPS) is 16.5. The molecular formula is C18H20BrNO. The van der Waals surface area contributed by atoms with E-state index >= 15 is 0 Å². The minimum Gasteiger partial charge on any atom is -0.488 e. The SMILES string of the molecule is Cc1ccc2c(c1)CC(CNc1c(C)cc(Br)cc1C)O2. The van der Waals surface area contributed by atoms with Crippen molar-refractivity contribution in [1.29, 1.82) is 0 Å². The molecule has 0 saturated carbocycles. The van der Waals surface area contributed by atoms with Gasteiger partial charge in [0.2, 0.25) is 0 Å². The van der Waals surface area contributed by atoms with Gasteiger partial charge in [-0.3, -0.25) is 0 Å². The van der Waals surface area contributed by atoms with Crippen molar-refractivity contribution < 1.29 is 4.74 Å². The minimum atomic E-state index is 0.212. The molecular weight excluding hydrogens is 326 g/mol. The van der Waals surface area contributed by atoms with E-state index in [1.165, 1.54) is 27.9 Å². The van der Waals surface area contributed by atoms with E-state index in [9.17, 15) is 0 Å². The molecule has 0 amide bonds. The van der Waals surface area contributed by atoms with E-state index in [4.69, 9.17) is 4.74 Å². The van der Waals surface area contributed by atoms with Crippen LogP contribution in [0, 0.1) is 20.8 Å². The highest BCUT2D eigenvalue weighted by Gasteiger charge is 2.22. The summed E-state index contributed by atoms with van der Waals surface area (Å²) in [5.74, 6) is 1.04. The van der Waals surface area contributed by atoms with Gasteiger partial charge in [-0.15, -0.1) is 0 Å². The summed E-state index contributed by atoms with van der Waals surface area (Å²) >= 11 is 3.54. The fraction of sp³-hybridized carbons (Fsp3) is 0.333. The lowest BCUT2D eigenvalue weighted by atomic mass is 10.1. The van der Waals surface area contributed by atoms with Crippen molar-refractivity contribution in [2.75, 3.05) is 11.9 Å². The number of nitrogens with one attached hydrogen (secondary N) is 1. The van der Waals surface area contributed by atoms with E-state index in [0.29, 0.717) is 0 Å². The zero-order chi connectivity index (χ0) is 15.0. The lowest BCUT2D eigenvalue weighted by Gasteiger charge is -2.17. The van der Waals surface area contributed by atoms with Gasteiger partial charge in [-0.25, -0.2) is 0 Å². The number of ether oxygens (including phenoxy) is 1. The molecule has 0 aliphatic carbocycles. The predicted molar refractivity (Wildman–Crippen MR) is 91.4 cm³/mol. The maximum Gasteiger partial charge on any atom is 0.123 e. The molecule has 2 aromatic carbocycles. The van der Waals surface area contributed by atoms with Gasteiger partial charge in [0.1, 0.15) is 11.9 Å². The van der Waals surface area contributed by atoms with Crippen molar-refractivity contribution in [2.24, 2.45) is 0 Å². The van der Waals surface area contributed by atoms with E-state index in [0.717, 1.165) is 23.2 Å². The first-order chi connectivity index (χ1) is 10.0. The molecule has 0 bridgehead atoms. The smallest absolute Gasteiger partial charge is 0.123 e. The second-order valence-electron chi connectivity index (χ2n) is 5.85. The van der Waals surface area contributed by atoms with Crippen molar-refractivity contribution in [3.63, 3.8) is 0 Å². The quantitative estimate of drug-likeness (QED) is 0.863. The highest BCUT2D eigenvalue weighted by Crippen LogP contribution is 2.30. The molecule has 2 nitrogen and oxygen atoms in total. The van der Waals surface area contributed by atoms with Crippen molar-refractivity contribution >= 4 is 21.6 Å². The maximum absolute atomic E-state index is 6.02. The zero-order valence-electron chi connectivity index (χ0n) is 12.7. The summed E-state index contributed by atoms with van der Waals surface area (Å²) in [5, 5.41) is 3.55. The minimum absolute atomic E-state index is 0.212. The Morgan fingerprint density at radius 1 is 1.14 bits per heavy atom. The van der Waals surface area contributed by atoms with Gasteiger partial charge in [0, 0.05) is 16.6 Å². The predicted octanol–water partition coefficient (Wildman–Crippen LogP) is 4.79. The molecule has 2 aromatic rings. The topological polar surface area (TPSA) is 21.3 Å². The van der Waals surface area contributed by atoms with E-state index < -0.39 is 0 Å². The van der Waals surface area contributed by atoms with Crippen LogP contribution in [-0.2, 0) is 6.42 Å². The first-order valence-corrected chi connectivity index (χ1v) is 8.09. The Labute approximate surface area is 134 Å². The summed E-state index contributed by atoms with van der Waals surface area (Å²) in [4.78, 5) is 0. The van der Waals surface area contributed by atoms with Crippen molar-refractivity contribution in [3.8, 4) is 5.75 Å². The van der Waals surface area contributed by atoms with Crippen LogP contribution >= 0.6 is 15.9 Å². The molecule has 0 saturated heterocycles. The molecule has 0 radical (unpaired) electrons. The van der Waals surface area contributed by atoms with Crippen LogP contribution in [0.4, 0.5) is 5.69 Å². The van der Waals surface area contributed by atoms with Crippen LogP contribution in [0.3, 0.4) is 0 Å². The van der Waals surface area contributed by atoms with Crippen LogP contribution in [0.2, 0.25) is 0 Å². The molecule has 3 rings (SSSR count). The van der Waals surface area contributed by atoms with Crippen LogP contribution < -0.4 is 10.1 Å². The first-order valence-electron chi connectivity index (χ1n) is 7.30. The summed E-state index contributed by atoms with van der Waals surface area (Å²) in [5.41, 5.74) is 6.35. The number of benzene rings is 2. The summed E-state index contributed by atoms with van der Waals surface area (Å²) in [7, 11) is 0.